The molecule has 1 aliphatic carbocycles. The maximum Gasteiger partial charge on any atom is 0.405 e. The first-order valence-electron chi connectivity index (χ1n) is 17.3. The van der Waals surface area contributed by atoms with Crippen LogP contribution in [0.2, 0.25) is 0 Å². The van der Waals surface area contributed by atoms with Gasteiger partial charge in [0.05, 0.1) is 36.8 Å². The molecule has 2 unspecified atom stereocenters. The molecule has 3 rings (SSSR count). The van der Waals surface area contributed by atoms with E-state index in [2.05, 4.69) is 10.6 Å². The summed E-state index contributed by atoms with van der Waals surface area (Å²) in [5, 5.41) is 56.6. The summed E-state index contributed by atoms with van der Waals surface area (Å²) in [6.45, 7) is 5.86. The topological polar surface area (TPSA) is 266 Å². The van der Waals surface area contributed by atoms with Gasteiger partial charge in [-0.2, -0.15) is 0 Å². The zero-order chi connectivity index (χ0) is 39.6. The Balaban J connectivity index is 1.94. The largest absolute Gasteiger partial charge is 0.439 e. The second-order valence-corrected chi connectivity index (χ2v) is 13.4. The fourth-order valence-corrected chi connectivity index (χ4v) is 6.33. The summed E-state index contributed by atoms with van der Waals surface area (Å²) in [6.07, 6.45) is -4.54. The number of ketones is 2. The molecule has 53 heavy (non-hydrogen) atoms. The molecule has 9 N–H and O–H groups in total. The van der Waals surface area contributed by atoms with Crippen molar-refractivity contribution >= 4 is 23.6 Å². The summed E-state index contributed by atoms with van der Waals surface area (Å²) in [5.41, 5.74) is 5.83. The number of amides is 2. The van der Waals surface area contributed by atoms with E-state index >= 15 is 0 Å². The van der Waals surface area contributed by atoms with Crippen LogP contribution in [0.1, 0.15) is 40.5 Å². The number of ether oxygens (including phenoxy) is 5. The van der Waals surface area contributed by atoms with Crippen LogP contribution in [0.25, 0.3) is 0 Å². The Morgan fingerprint density at radius 2 is 1.74 bits per heavy atom. The van der Waals surface area contributed by atoms with Crippen molar-refractivity contribution in [2.75, 3.05) is 34.0 Å². The van der Waals surface area contributed by atoms with Gasteiger partial charge in [-0.3, -0.25) is 14.4 Å². The third-order valence-electron chi connectivity index (χ3n) is 9.33. The molecule has 1 fully saturated rings. The number of hydrogen-bond donors (Lipinski definition) is 8. The summed E-state index contributed by atoms with van der Waals surface area (Å²) in [4.78, 5) is 52.4. The van der Waals surface area contributed by atoms with Crippen molar-refractivity contribution in [1.29, 1.82) is 0 Å². The van der Waals surface area contributed by atoms with E-state index < -0.39 is 91.2 Å². The Hall–Kier alpha value is -3.78. The minimum absolute atomic E-state index is 0.0329. The summed E-state index contributed by atoms with van der Waals surface area (Å²) in [6, 6.07) is 0. The molecule has 2 bridgehead atoms. The van der Waals surface area contributed by atoms with Crippen molar-refractivity contribution < 1.29 is 68.4 Å². The maximum absolute atomic E-state index is 13.9. The second kappa shape index (κ2) is 20.1. The molecule has 3 aliphatic rings. The molecular weight excluding hydrogens is 698 g/mol. The number of nitrogens with one attached hydrogen (secondary N) is 2. The van der Waals surface area contributed by atoms with Gasteiger partial charge < -0.3 is 65.6 Å². The van der Waals surface area contributed by atoms with Gasteiger partial charge in [-0.15, -0.1) is 0 Å². The van der Waals surface area contributed by atoms with Crippen LogP contribution in [0, 0.1) is 11.8 Å². The van der Waals surface area contributed by atoms with E-state index in [1.165, 1.54) is 33.3 Å². The number of carbonyl (C=O) groups excluding carboxylic acids is 4. The molecule has 17 heteroatoms. The predicted molar refractivity (Wildman–Crippen MR) is 187 cm³/mol. The summed E-state index contributed by atoms with van der Waals surface area (Å²) in [7, 11) is 2.84. The van der Waals surface area contributed by atoms with Crippen LogP contribution in [0.3, 0.4) is 0 Å². The van der Waals surface area contributed by atoms with Gasteiger partial charge in [-0.1, -0.05) is 38.2 Å². The Labute approximate surface area is 308 Å². The maximum atomic E-state index is 13.9. The van der Waals surface area contributed by atoms with Crippen molar-refractivity contribution in [3.8, 4) is 0 Å². The van der Waals surface area contributed by atoms with Crippen LogP contribution in [0.15, 0.2) is 58.5 Å². The third-order valence-corrected chi connectivity index (χ3v) is 9.33. The second-order valence-electron chi connectivity index (χ2n) is 13.4. The lowest BCUT2D eigenvalue weighted by molar-refractivity contribution is -0.300. The number of methoxy groups -OCH3 is 2. The fourth-order valence-electron chi connectivity index (χ4n) is 6.33. The van der Waals surface area contributed by atoms with Crippen molar-refractivity contribution in [3.63, 3.8) is 0 Å². The Morgan fingerprint density at radius 1 is 1.04 bits per heavy atom. The molecular formula is C36H53N3O14. The van der Waals surface area contributed by atoms with E-state index in [0.717, 1.165) is 6.08 Å². The van der Waals surface area contributed by atoms with Crippen LogP contribution in [-0.4, -0.2) is 138 Å². The van der Waals surface area contributed by atoms with Crippen molar-refractivity contribution in [2.24, 2.45) is 17.6 Å². The molecule has 0 aromatic carbocycles. The molecule has 0 aromatic rings. The number of aliphatic hydroxyl groups is 5. The van der Waals surface area contributed by atoms with Crippen LogP contribution >= 0.6 is 0 Å². The Kier molecular flexibility index (Phi) is 16.5. The van der Waals surface area contributed by atoms with Gasteiger partial charge in [0, 0.05) is 43.9 Å². The molecule has 0 aromatic heterocycles. The van der Waals surface area contributed by atoms with Gasteiger partial charge >= 0.3 is 6.09 Å². The highest BCUT2D eigenvalue weighted by atomic mass is 16.7. The van der Waals surface area contributed by atoms with Crippen LogP contribution in [-0.2, 0) is 38.1 Å². The summed E-state index contributed by atoms with van der Waals surface area (Å²) >= 11 is 0. The minimum atomic E-state index is -1.64. The highest BCUT2D eigenvalue weighted by Crippen LogP contribution is 2.29. The van der Waals surface area contributed by atoms with Crippen molar-refractivity contribution in [3.05, 3.63) is 58.5 Å². The number of fused-ring (bicyclic) bond motifs is 2. The van der Waals surface area contributed by atoms with Crippen LogP contribution < -0.4 is 16.4 Å². The molecule has 2 amide bonds. The molecule has 0 radical (unpaired) electrons. The van der Waals surface area contributed by atoms with Gasteiger partial charge in [-0.05, 0) is 38.2 Å². The Morgan fingerprint density at radius 3 is 2.36 bits per heavy atom. The lowest BCUT2D eigenvalue weighted by Crippen LogP contribution is -2.59. The van der Waals surface area contributed by atoms with Crippen LogP contribution in [0.5, 0.6) is 0 Å². The van der Waals surface area contributed by atoms with Gasteiger partial charge in [0.1, 0.15) is 30.5 Å². The number of hydrogen-bond acceptors (Lipinski definition) is 15. The van der Waals surface area contributed by atoms with E-state index in [0.29, 0.717) is 5.57 Å². The average Bonchev–Trinajstić information content (AvgIpc) is 3.11. The van der Waals surface area contributed by atoms with Gasteiger partial charge in [0.25, 0.3) is 5.91 Å². The number of aliphatic hydroxyl groups excluding tert-OH is 5. The SMILES string of the molecule is COC1/C=C\C=C(/C)C(=O)NC2=CC(=O)C(NCCO[C@@H]3O[C@@H](CO)[C@H](O)[C@H](O)[C@@H]3O)=C(C[C@@H](C)C[C@H](OC)[C@H](O)C(C)/C=C(\C)[C@@H]1OC(N)=O)C2=O. The van der Waals surface area contributed by atoms with E-state index in [9.17, 15) is 44.7 Å². The molecule has 2 heterocycles. The summed E-state index contributed by atoms with van der Waals surface area (Å²) < 4.78 is 27.5. The Bertz CT molecular complexity index is 1490. The summed E-state index contributed by atoms with van der Waals surface area (Å²) in [5.74, 6) is -2.76. The molecule has 17 nitrogen and oxygen atoms in total. The van der Waals surface area contributed by atoms with E-state index in [-0.39, 0.29) is 54.5 Å². The third kappa shape index (κ3) is 11.4. The molecule has 2 aliphatic heterocycles. The lowest BCUT2D eigenvalue weighted by Gasteiger charge is -2.39. The quantitative estimate of drug-likeness (QED) is 0.0812. The molecule has 1 saturated heterocycles. The molecule has 0 spiro atoms. The monoisotopic (exact) mass is 751 g/mol. The van der Waals surface area contributed by atoms with Crippen molar-refractivity contribution in [1.82, 2.24) is 10.6 Å². The minimum Gasteiger partial charge on any atom is -0.439 e. The van der Waals surface area contributed by atoms with Gasteiger partial charge in [0.2, 0.25) is 11.6 Å². The first kappa shape index (κ1) is 43.6. The number of nitrogens with two attached hydrogens (primary N) is 1. The number of carbonyl (C=O) groups is 4. The number of allylic oxidation sites excluding steroid dienone is 4. The normalized spacial score (nSPS) is 36.4. The first-order valence-corrected chi connectivity index (χ1v) is 17.3. The fraction of sp³-hybridized carbons (Fsp3) is 0.611. The highest BCUT2D eigenvalue weighted by molar-refractivity contribution is 6.23. The zero-order valence-electron chi connectivity index (χ0n) is 30.8. The number of Topliss-reactive ketones (excluding diaryl/α,β-unsaturated/α-hetero) is 1. The van der Waals surface area contributed by atoms with E-state index in [4.69, 9.17) is 29.4 Å². The zero-order valence-corrected chi connectivity index (χ0v) is 30.8. The number of rotatable bonds is 9. The van der Waals surface area contributed by atoms with Crippen molar-refractivity contribution in [2.45, 2.75) is 95.7 Å². The number of primary amides is 1. The van der Waals surface area contributed by atoms with E-state index in [1.54, 1.807) is 26.0 Å². The lowest BCUT2D eigenvalue weighted by atomic mass is 9.85. The standard InChI is InChI=1S/C36H53N3O14/c1-17-12-21-27(38-10-11-51-35-32(46)31(45)30(44)26(16-40)52-35)23(41)15-22(29(21)43)39-34(47)18(2)8-7-9-24(49-5)33(53-36(37)48)20(4)14-19(3)28(42)25(13-17)50-6/h7-9,14-15,17,19,24-26,28,30-33,35,38,40,42,44-46H,10-13,16H2,1-6H3,(H2,37,48)(H,39,47)/b9-7-,18-8+,20-14+/t17-,19?,24?,25+,26+,28-,30+,31+,32+,33+,35-/m1/s1. The highest BCUT2D eigenvalue weighted by Gasteiger charge is 2.44. The van der Waals surface area contributed by atoms with Crippen LogP contribution in [0.4, 0.5) is 4.79 Å². The average molecular weight is 752 g/mol. The molecule has 0 saturated carbocycles. The van der Waals surface area contributed by atoms with E-state index in [1.807, 2.05) is 6.92 Å². The van der Waals surface area contributed by atoms with Gasteiger partial charge in [0.15, 0.2) is 12.4 Å². The van der Waals surface area contributed by atoms with Gasteiger partial charge in [-0.25, -0.2) is 4.79 Å². The molecule has 11 atom stereocenters. The smallest absolute Gasteiger partial charge is 0.405 e. The molecule has 296 valence electrons. The first-order chi connectivity index (χ1) is 25.0. The predicted octanol–water partition coefficient (Wildman–Crippen LogP) is -0.832.